The van der Waals surface area contributed by atoms with Gasteiger partial charge in [-0.25, -0.2) is 0 Å². The van der Waals surface area contributed by atoms with Gasteiger partial charge in [-0.05, 0) is 36.8 Å². The van der Waals surface area contributed by atoms with E-state index in [0.717, 1.165) is 25.7 Å². The molecule has 0 aromatic heterocycles. The van der Waals surface area contributed by atoms with E-state index in [9.17, 15) is 0 Å². The number of allylic oxidation sites excluding steroid dienone is 8. The molecule has 0 bridgehead atoms. The van der Waals surface area contributed by atoms with Crippen molar-refractivity contribution in [3.63, 3.8) is 0 Å². The average molecular weight is 709 g/mol. The van der Waals surface area contributed by atoms with Crippen LogP contribution >= 0.6 is 0 Å². The number of rotatable bonds is 2. The summed E-state index contributed by atoms with van der Waals surface area (Å²) in [5.41, 5.74) is 16.3. The van der Waals surface area contributed by atoms with E-state index in [1.54, 1.807) is 0 Å². The number of fused-ring (bicyclic) bond motifs is 6. The van der Waals surface area contributed by atoms with E-state index in [0.29, 0.717) is 0 Å². The molecule has 8 rings (SSSR count). The average Bonchev–Trinajstić information content (AvgIpc) is 3.82. The fourth-order valence-electron chi connectivity index (χ4n) is 5.79. The van der Waals surface area contributed by atoms with E-state index in [4.69, 9.17) is 0 Å². The van der Waals surface area contributed by atoms with E-state index in [1.807, 2.05) is 0 Å². The van der Waals surface area contributed by atoms with Gasteiger partial charge in [0.2, 0.25) is 0 Å². The molecule has 4 aromatic rings. The first-order valence-electron chi connectivity index (χ1n) is 15.3. The molecule has 4 aromatic carbocycles. The third-order valence-corrected chi connectivity index (χ3v) is 7.64. The molecule has 0 heterocycles. The largest absolute Gasteiger partial charge is 1.00 e. The Morgan fingerprint density at radius 1 is 0.522 bits per heavy atom. The molecule has 0 spiro atoms. The van der Waals surface area contributed by atoms with Crippen molar-refractivity contribution in [3.05, 3.63) is 155 Å². The summed E-state index contributed by atoms with van der Waals surface area (Å²) in [6.45, 7) is 8.33. The van der Waals surface area contributed by atoms with Gasteiger partial charge < -0.3 is 24.8 Å². The number of hydrogen-bond acceptors (Lipinski definition) is 0. The molecule has 230 valence electrons. The van der Waals surface area contributed by atoms with Gasteiger partial charge in [0.25, 0.3) is 0 Å². The third-order valence-electron chi connectivity index (χ3n) is 7.64. The summed E-state index contributed by atoms with van der Waals surface area (Å²) in [6, 6.07) is 33.5. The van der Waals surface area contributed by atoms with Crippen molar-refractivity contribution >= 4 is 18.8 Å². The predicted octanol–water partition coefficient (Wildman–Crippen LogP) is 4.30. The van der Waals surface area contributed by atoms with E-state index >= 15 is 0 Å². The zero-order chi connectivity index (χ0) is 31.1. The molecular formula is C42H38Cl2Ti2-2. The topological polar surface area (TPSA) is 0 Å². The van der Waals surface area contributed by atoms with Crippen LogP contribution in [0.25, 0.3) is 33.4 Å². The number of benzene rings is 4. The first-order valence-corrected chi connectivity index (χ1v) is 16.9. The summed E-state index contributed by atoms with van der Waals surface area (Å²) in [5.74, 6) is 0. The Hall–Kier alpha value is -2.41. The van der Waals surface area contributed by atoms with Crippen LogP contribution in [-0.4, -0.2) is 7.62 Å². The van der Waals surface area contributed by atoms with E-state index in [-0.39, 0.29) is 24.8 Å². The third kappa shape index (κ3) is 9.81. The van der Waals surface area contributed by atoms with Gasteiger partial charge in [0.05, 0.1) is 0 Å². The standard InChI is InChI=1S/2C18H13.2C3H6.2ClH.2Ti/c2*1-2-6-13(5-1)14-9-10-18-16(11-14)12-15-7-3-4-8-17(15)18;2*1-3-2;;;;/h2*1-5,7-10H,6,12H2;2*1-2H3;2*1H;;/q2*-1;;;;;2*+1/p-2. The van der Waals surface area contributed by atoms with Crippen LogP contribution in [0.15, 0.2) is 109 Å². The first-order chi connectivity index (χ1) is 21.3. The minimum atomic E-state index is 0. The van der Waals surface area contributed by atoms with Gasteiger partial charge in [0.15, 0.2) is 0 Å². The minimum Gasteiger partial charge on any atom is -1.00 e. The molecule has 0 fully saturated rings. The Balaban J connectivity index is 0.000000197. The number of hydrogen-bond donors (Lipinski definition) is 0. The van der Waals surface area contributed by atoms with Crippen LogP contribution in [0, 0.1) is 12.1 Å². The molecule has 0 aliphatic heterocycles. The molecule has 4 aliphatic rings. The molecule has 0 unspecified atom stereocenters. The van der Waals surface area contributed by atoms with Gasteiger partial charge in [-0.3, -0.25) is 0 Å². The molecular weight excluding hydrogens is 671 g/mol. The summed E-state index contributed by atoms with van der Waals surface area (Å²) >= 11 is 4.17. The van der Waals surface area contributed by atoms with Gasteiger partial charge in [-0.1, -0.05) is 95.1 Å². The van der Waals surface area contributed by atoms with Gasteiger partial charge in [0, 0.05) is 0 Å². The maximum Gasteiger partial charge on any atom is -0.0195 e. The van der Waals surface area contributed by atoms with Crippen molar-refractivity contribution in [3.8, 4) is 22.3 Å². The van der Waals surface area contributed by atoms with Crippen LogP contribution in [0.3, 0.4) is 0 Å². The summed E-state index contributed by atoms with van der Waals surface area (Å²) in [7, 11) is 0. The van der Waals surface area contributed by atoms with Crippen molar-refractivity contribution in [1.29, 1.82) is 0 Å². The quantitative estimate of drug-likeness (QED) is 0.186. The molecule has 0 amide bonds. The van der Waals surface area contributed by atoms with Crippen molar-refractivity contribution in [2.75, 3.05) is 0 Å². The maximum absolute atomic E-state index is 3.61. The molecule has 0 nitrogen and oxygen atoms in total. The Labute approximate surface area is 311 Å². The Morgan fingerprint density at radius 3 is 1.24 bits per heavy atom. The molecule has 0 N–H and O–H groups in total. The predicted molar refractivity (Wildman–Crippen MR) is 183 cm³/mol. The molecule has 0 atom stereocenters. The summed E-state index contributed by atoms with van der Waals surface area (Å²) in [6.07, 6.45) is 17.2. The second-order valence-corrected chi connectivity index (χ2v) is 15.0. The van der Waals surface area contributed by atoms with Crippen LogP contribution < -0.4 is 24.8 Å². The Kier molecular flexibility index (Phi) is 15.1. The molecule has 46 heavy (non-hydrogen) atoms. The smallest absolute Gasteiger partial charge is 0.0195 e. The SMILES string of the molecule is C[C](C)=[Ti+].C[C](C)=[Ti+].[Cl-].[Cl-].[c-]1c(C2=CC=CC2)ccc2c1Cc1ccccc1-2.[c-]1c(C2=CC=CC2)ccc2c1Cc1ccccc1-2. The van der Waals surface area contributed by atoms with Crippen molar-refractivity contribution < 1.29 is 64.8 Å². The second-order valence-electron chi connectivity index (χ2n) is 11.8. The molecule has 0 radical (unpaired) electrons. The second kappa shape index (κ2) is 18.2. The Bertz CT molecular complexity index is 1700. The van der Waals surface area contributed by atoms with Crippen LogP contribution in [0.2, 0.25) is 0 Å². The summed E-state index contributed by atoms with van der Waals surface area (Å²) in [4.78, 5) is 0. The molecule has 0 saturated heterocycles. The minimum absolute atomic E-state index is 0. The van der Waals surface area contributed by atoms with Crippen molar-refractivity contribution in [1.82, 2.24) is 0 Å². The van der Waals surface area contributed by atoms with Gasteiger partial charge in [0.1, 0.15) is 0 Å². The van der Waals surface area contributed by atoms with Crippen LogP contribution in [0.4, 0.5) is 0 Å². The normalized spacial score (nSPS) is 13.3. The summed E-state index contributed by atoms with van der Waals surface area (Å²) in [5, 5.41) is 0. The van der Waals surface area contributed by atoms with Crippen LogP contribution in [-0.2, 0) is 52.8 Å². The zero-order valence-electron chi connectivity index (χ0n) is 27.0. The van der Waals surface area contributed by atoms with E-state index in [1.165, 1.54) is 74.4 Å². The molecule has 0 saturated carbocycles. The monoisotopic (exact) mass is 708 g/mol. The van der Waals surface area contributed by atoms with Crippen LogP contribution in [0.1, 0.15) is 73.9 Å². The maximum atomic E-state index is 3.61. The van der Waals surface area contributed by atoms with Gasteiger partial charge >= 0.3 is 75.3 Å². The zero-order valence-corrected chi connectivity index (χ0v) is 31.6. The van der Waals surface area contributed by atoms with Crippen molar-refractivity contribution in [2.24, 2.45) is 0 Å². The van der Waals surface area contributed by atoms with Crippen LogP contribution in [0.5, 0.6) is 0 Å². The van der Waals surface area contributed by atoms with E-state index < -0.39 is 0 Å². The molecule has 4 heteroatoms. The number of halogens is 2. The fraction of sp³-hybridized carbons (Fsp3) is 0.190. The van der Waals surface area contributed by atoms with Gasteiger partial charge in [-0.15, -0.1) is 82.0 Å². The van der Waals surface area contributed by atoms with Gasteiger partial charge in [-0.2, -0.15) is 0 Å². The summed E-state index contributed by atoms with van der Waals surface area (Å²) < 4.78 is 2.83. The molecule has 4 aliphatic carbocycles. The Morgan fingerprint density at radius 2 is 0.891 bits per heavy atom. The first kappa shape index (κ1) is 38.0. The van der Waals surface area contributed by atoms with Crippen molar-refractivity contribution in [2.45, 2.75) is 53.4 Å². The van der Waals surface area contributed by atoms with E-state index in [2.05, 4.69) is 189 Å². The fourth-order valence-corrected chi connectivity index (χ4v) is 5.79.